The maximum atomic E-state index is 13.1. The van der Waals surface area contributed by atoms with Crippen molar-refractivity contribution in [1.29, 1.82) is 0 Å². The van der Waals surface area contributed by atoms with Crippen LogP contribution in [0.2, 0.25) is 0 Å². The maximum absolute atomic E-state index is 13.1. The SMILES string of the molecule is Fc1cccc2nc(CBr)sc12. The molecule has 0 amide bonds. The van der Waals surface area contributed by atoms with Gasteiger partial charge in [-0.3, -0.25) is 0 Å². The molecule has 0 fully saturated rings. The van der Waals surface area contributed by atoms with Crippen LogP contribution in [-0.2, 0) is 5.33 Å². The third kappa shape index (κ3) is 1.25. The van der Waals surface area contributed by atoms with E-state index >= 15 is 0 Å². The van der Waals surface area contributed by atoms with Crippen LogP contribution in [0.25, 0.3) is 10.2 Å². The normalized spacial score (nSPS) is 10.8. The van der Waals surface area contributed by atoms with Crippen LogP contribution in [0.3, 0.4) is 0 Å². The molecular formula is C8H5BrFNS. The third-order valence-corrected chi connectivity index (χ3v) is 3.51. The van der Waals surface area contributed by atoms with E-state index in [-0.39, 0.29) is 5.82 Å². The quantitative estimate of drug-likeness (QED) is 0.703. The van der Waals surface area contributed by atoms with Crippen molar-refractivity contribution in [3.8, 4) is 0 Å². The number of halogens is 2. The Bertz CT molecular complexity index is 412. The molecule has 0 aliphatic rings. The predicted molar refractivity (Wildman–Crippen MR) is 52.2 cm³/mol. The fourth-order valence-electron chi connectivity index (χ4n) is 1.02. The highest BCUT2D eigenvalue weighted by Gasteiger charge is 2.05. The smallest absolute Gasteiger partial charge is 0.142 e. The van der Waals surface area contributed by atoms with E-state index in [0.717, 1.165) is 10.5 Å². The summed E-state index contributed by atoms with van der Waals surface area (Å²) in [6, 6.07) is 4.95. The first kappa shape index (κ1) is 8.13. The van der Waals surface area contributed by atoms with Crippen molar-refractivity contribution in [1.82, 2.24) is 4.98 Å². The molecule has 0 spiro atoms. The molecule has 4 heteroatoms. The van der Waals surface area contributed by atoms with Crippen LogP contribution in [0.4, 0.5) is 4.39 Å². The standard InChI is InChI=1S/C8H5BrFNS/c9-4-7-11-6-3-1-2-5(10)8(6)12-7/h1-3H,4H2. The summed E-state index contributed by atoms with van der Waals surface area (Å²) in [5.74, 6) is -0.183. The Morgan fingerprint density at radius 1 is 1.50 bits per heavy atom. The number of hydrogen-bond acceptors (Lipinski definition) is 2. The maximum Gasteiger partial charge on any atom is 0.142 e. The molecule has 1 nitrogen and oxygen atoms in total. The molecule has 0 N–H and O–H groups in total. The van der Waals surface area contributed by atoms with E-state index in [1.807, 2.05) is 6.07 Å². The van der Waals surface area contributed by atoms with Crippen LogP contribution in [0.5, 0.6) is 0 Å². The summed E-state index contributed by atoms with van der Waals surface area (Å²) in [4.78, 5) is 4.22. The molecule has 0 atom stereocenters. The number of nitrogens with zero attached hydrogens (tertiary/aromatic N) is 1. The van der Waals surface area contributed by atoms with Gasteiger partial charge in [0.15, 0.2) is 0 Å². The van der Waals surface area contributed by atoms with Gasteiger partial charge in [-0.2, -0.15) is 0 Å². The van der Waals surface area contributed by atoms with E-state index < -0.39 is 0 Å². The molecule has 62 valence electrons. The second kappa shape index (κ2) is 3.11. The summed E-state index contributed by atoms with van der Waals surface area (Å²) in [5.41, 5.74) is 0.745. The van der Waals surface area contributed by atoms with Crippen LogP contribution < -0.4 is 0 Å². The molecule has 0 saturated heterocycles. The summed E-state index contributed by atoms with van der Waals surface area (Å²) in [6.07, 6.45) is 0. The summed E-state index contributed by atoms with van der Waals surface area (Å²) in [6.45, 7) is 0. The van der Waals surface area contributed by atoms with Gasteiger partial charge in [0, 0.05) is 0 Å². The van der Waals surface area contributed by atoms with Gasteiger partial charge in [-0.25, -0.2) is 9.37 Å². The van der Waals surface area contributed by atoms with E-state index in [1.165, 1.54) is 17.4 Å². The largest absolute Gasteiger partial charge is 0.240 e. The highest BCUT2D eigenvalue weighted by molar-refractivity contribution is 9.08. The Balaban J connectivity index is 2.74. The van der Waals surface area contributed by atoms with Crippen molar-refractivity contribution < 1.29 is 4.39 Å². The van der Waals surface area contributed by atoms with Gasteiger partial charge in [0.05, 0.1) is 15.5 Å². The van der Waals surface area contributed by atoms with Gasteiger partial charge in [-0.1, -0.05) is 22.0 Å². The highest BCUT2D eigenvalue weighted by Crippen LogP contribution is 2.25. The zero-order valence-corrected chi connectivity index (χ0v) is 8.45. The Morgan fingerprint density at radius 2 is 2.33 bits per heavy atom. The molecule has 12 heavy (non-hydrogen) atoms. The molecule has 1 aromatic carbocycles. The number of aromatic nitrogens is 1. The topological polar surface area (TPSA) is 12.9 Å². The lowest BCUT2D eigenvalue weighted by molar-refractivity contribution is 0.641. The Morgan fingerprint density at radius 3 is 3.00 bits per heavy atom. The minimum absolute atomic E-state index is 0.183. The van der Waals surface area contributed by atoms with Gasteiger partial charge in [-0.05, 0) is 12.1 Å². The number of thiazole rings is 1. The van der Waals surface area contributed by atoms with Gasteiger partial charge in [-0.15, -0.1) is 11.3 Å². The second-order valence-corrected chi connectivity index (χ2v) is 3.97. The van der Waals surface area contributed by atoms with Gasteiger partial charge in [0.1, 0.15) is 10.8 Å². The minimum atomic E-state index is -0.183. The lowest BCUT2D eigenvalue weighted by Crippen LogP contribution is -1.73. The van der Waals surface area contributed by atoms with Crippen LogP contribution in [0.15, 0.2) is 18.2 Å². The van der Waals surface area contributed by atoms with Crippen molar-refractivity contribution in [2.24, 2.45) is 0 Å². The summed E-state index contributed by atoms with van der Waals surface area (Å²) >= 11 is 4.68. The average molecular weight is 246 g/mol. The number of hydrogen-bond donors (Lipinski definition) is 0. The zero-order chi connectivity index (χ0) is 8.55. The second-order valence-electron chi connectivity index (χ2n) is 2.33. The fraction of sp³-hybridized carbons (Fsp3) is 0.125. The van der Waals surface area contributed by atoms with Crippen molar-refractivity contribution in [3.05, 3.63) is 29.0 Å². The van der Waals surface area contributed by atoms with Crippen LogP contribution >= 0.6 is 27.3 Å². The van der Waals surface area contributed by atoms with E-state index in [0.29, 0.717) is 10.0 Å². The van der Waals surface area contributed by atoms with Crippen molar-refractivity contribution in [2.45, 2.75) is 5.33 Å². The van der Waals surface area contributed by atoms with Gasteiger partial charge < -0.3 is 0 Å². The van der Waals surface area contributed by atoms with Crippen molar-refractivity contribution >= 4 is 37.5 Å². The monoisotopic (exact) mass is 245 g/mol. The van der Waals surface area contributed by atoms with Crippen molar-refractivity contribution in [3.63, 3.8) is 0 Å². The zero-order valence-electron chi connectivity index (χ0n) is 6.05. The first-order chi connectivity index (χ1) is 5.81. The fourth-order valence-corrected chi connectivity index (χ4v) is 2.31. The Hall–Kier alpha value is -0.480. The number of benzene rings is 1. The van der Waals surface area contributed by atoms with Gasteiger partial charge in [0.25, 0.3) is 0 Å². The van der Waals surface area contributed by atoms with E-state index in [1.54, 1.807) is 6.07 Å². The molecule has 2 aromatic rings. The summed E-state index contributed by atoms with van der Waals surface area (Å²) in [7, 11) is 0. The first-order valence-corrected chi connectivity index (χ1v) is 5.35. The van der Waals surface area contributed by atoms with E-state index in [9.17, 15) is 4.39 Å². The van der Waals surface area contributed by atoms with Gasteiger partial charge >= 0.3 is 0 Å². The summed E-state index contributed by atoms with van der Waals surface area (Å²) < 4.78 is 13.7. The molecule has 0 aliphatic carbocycles. The minimum Gasteiger partial charge on any atom is -0.240 e. The summed E-state index contributed by atoms with van der Waals surface area (Å²) in [5, 5.41) is 1.60. The number of alkyl halides is 1. The lowest BCUT2D eigenvalue weighted by atomic mass is 10.3. The average Bonchev–Trinajstić information content (AvgIpc) is 2.49. The molecule has 1 heterocycles. The predicted octanol–water partition coefficient (Wildman–Crippen LogP) is 3.33. The Labute approximate surface area is 81.4 Å². The highest BCUT2D eigenvalue weighted by atomic mass is 79.9. The van der Waals surface area contributed by atoms with E-state index in [4.69, 9.17) is 0 Å². The van der Waals surface area contributed by atoms with Crippen LogP contribution in [0.1, 0.15) is 5.01 Å². The molecule has 0 bridgehead atoms. The van der Waals surface area contributed by atoms with Gasteiger partial charge in [0.2, 0.25) is 0 Å². The van der Waals surface area contributed by atoms with Crippen LogP contribution in [-0.4, -0.2) is 4.98 Å². The molecule has 0 radical (unpaired) electrons. The molecule has 0 saturated carbocycles. The molecule has 0 unspecified atom stereocenters. The van der Waals surface area contributed by atoms with Crippen molar-refractivity contribution in [2.75, 3.05) is 0 Å². The lowest BCUT2D eigenvalue weighted by Gasteiger charge is -1.86. The molecule has 2 rings (SSSR count). The molecule has 0 aliphatic heterocycles. The number of rotatable bonds is 1. The van der Waals surface area contributed by atoms with Crippen LogP contribution in [0, 0.1) is 5.82 Å². The molecule has 1 aromatic heterocycles. The first-order valence-electron chi connectivity index (χ1n) is 3.41. The third-order valence-electron chi connectivity index (χ3n) is 1.53. The Kier molecular flexibility index (Phi) is 2.11. The van der Waals surface area contributed by atoms with E-state index in [2.05, 4.69) is 20.9 Å². The molecular weight excluding hydrogens is 241 g/mol. The number of fused-ring (bicyclic) bond motifs is 1.